The van der Waals surface area contributed by atoms with Crippen LogP contribution in [0.4, 0.5) is 4.79 Å². The minimum absolute atomic E-state index is 0.347. The third-order valence-corrected chi connectivity index (χ3v) is 4.06. The Morgan fingerprint density at radius 2 is 2.37 bits per heavy atom. The minimum Gasteiger partial charge on any atom is -0.444 e. The highest BCUT2D eigenvalue weighted by atomic mass is 32.2. The fourth-order valence-corrected chi connectivity index (χ4v) is 3.07. The number of hydrogen-bond acceptors (Lipinski definition) is 4. The van der Waals surface area contributed by atoms with Gasteiger partial charge in [-0.3, -0.25) is 0 Å². The summed E-state index contributed by atoms with van der Waals surface area (Å²) < 4.78 is 5.22. The third-order valence-electron chi connectivity index (χ3n) is 2.74. The van der Waals surface area contributed by atoms with Gasteiger partial charge in [0.05, 0.1) is 5.03 Å². The molecule has 0 aliphatic carbocycles. The maximum absolute atomic E-state index is 11.6. The average molecular weight is 280 g/mol. The van der Waals surface area contributed by atoms with Crippen molar-refractivity contribution in [3.8, 4) is 0 Å². The van der Waals surface area contributed by atoms with Crippen molar-refractivity contribution < 1.29 is 9.53 Å². The number of ether oxygens (including phenoxy) is 1. The van der Waals surface area contributed by atoms with E-state index in [0.29, 0.717) is 11.8 Å². The molecule has 2 rings (SSSR count). The van der Waals surface area contributed by atoms with Crippen molar-refractivity contribution in [1.29, 1.82) is 0 Å². The zero-order valence-electron chi connectivity index (χ0n) is 11.6. The number of amides is 1. The minimum atomic E-state index is -0.446. The molecule has 1 unspecified atom stereocenters. The molecule has 0 saturated carbocycles. The Labute approximate surface area is 118 Å². The van der Waals surface area contributed by atoms with Crippen LogP contribution in [-0.2, 0) is 11.2 Å². The second-order valence-corrected chi connectivity index (χ2v) is 6.92. The van der Waals surface area contributed by atoms with E-state index in [1.165, 1.54) is 5.56 Å². The van der Waals surface area contributed by atoms with E-state index in [9.17, 15) is 4.79 Å². The van der Waals surface area contributed by atoms with E-state index in [1.807, 2.05) is 33.0 Å². The molecule has 19 heavy (non-hydrogen) atoms. The highest BCUT2D eigenvalue weighted by Crippen LogP contribution is 2.32. The monoisotopic (exact) mass is 280 g/mol. The Bertz CT molecular complexity index is 457. The number of carbonyl (C=O) groups is 1. The first kappa shape index (κ1) is 14.2. The molecule has 0 bridgehead atoms. The molecule has 2 heterocycles. The van der Waals surface area contributed by atoms with Crippen molar-refractivity contribution in [2.45, 2.75) is 49.5 Å². The molecule has 1 amide bonds. The van der Waals surface area contributed by atoms with Crippen LogP contribution in [0.5, 0.6) is 0 Å². The number of hydrogen-bond donors (Lipinski definition) is 1. The van der Waals surface area contributed by atoms with E-state index in [2.05, 4.69) is 16.4 Å². The fraction of sp³-hybridized carbons (Fsp3) is 0.571. The van der Waals surface area contributed by atoms with E-state index in [1.54, 1.807) is 11.8 Å². The topological polar surface area (TPSA) is 51.2 Å². The lowest BCUT2D eigenvalue weighted by molar-refractivity contribution is 0.0527. The number of carbonyl (C=O) groups excluding carboxylic acids is 1. The Morgan fingerprint density at radius 3 is 3.11 bits per heavy atom. The van der Waals surface area contributed by atoms with E-state index < -0.39 is 5.60 Å². The number of pyridine rings is 1. The number of rotatable bonds is 2. The summed E-state index contributed by atoms with van der Waals surface area (Å²) in [5, 5.41) is 4.29. The highest BCUT2D eigenvalue weighted by Gasteiger charge is 2.22. The molecule has 0 saturated heterocycles. The molecule has 0 radical (unpaired) electrons. The summed E-state index contributed by atoms with van der Waals surface area (Å²) >= 11 is 1.74. The van der Waals surface area contributed by atoms with Gasteiger partial charge in [-0.2, -0.15) is 0 Å². The van der Waals surface area contributed by atoms with Crippen molar-refractivity contribution in [2.75, 3.05) is 6.54 Å². The standard InChI is InChI=1S/C14H20N2O2S/c1-14(2,3)18-13(17)16-9-11-7-6-10-5-4-8-15-12(10)19-11/h4-5,8,11H,6-7,9H2,1-3H3,(H,16,17). The third kappa shape index (κ3) is 4.42. The second-order valence-electron chi connectivity index (χ2n) is 5.63. The van der Waals surface area contributed by atoms with Gasteiger partial charge in [-0.05, 0) is 45.2 Å². The first-order valence-electron chi connectivity index (χ1n) is 6.51. The number of alkyl carbamates (subject to hydrolysis) is 1. The van der Waals surface area contributed by atoms with Gasteiger partial charge < -0.3 is 10.1 Å². The molecule has 0 aromatic carbocycles. The molecule has 104 valence electrons. The molecule has 1 atom stereocenters. The van der Waals surface area contributed by atoms with Crippen LogP contribution in [0.1, 0.15) is 32.8 Å². The Balaban J connectivity index is 1.81. The van der Waals surface area contributed by atoms with Gasteiger partial charge in [-0.25, -0.2) is 9.78 Å². The molecule has 0 fully saturated rings. The smallest absolute Gasteiger partial charge is 0.407 e. The molecule has 5 heteroatoms. The van der Waals surface area contributed by atoms with Crippen LogP contribution in [0.25, 0.3) is 0 Å². The predicted molar refractivity (Wildman–Crippen MR) is 76.4 cm³/mol. The summed E-state index contributed by atoms with van der Waals surface area (Å²) in [7, 11) is 0. The number of aromatic nitrogens is 1. The average Bonchev–Trinajstić information content (AvgIpc) is 2.34. The van der Waals surface area contributed by atoms with Crippen LogP contribution < -0.4 is 5.32 Å². The normalized spacial score (nSPS) is 18.6. The van der Waals surface area contributed by atoms with Gasteiger partial charge >= 0.3 is 6.09 Å². The fourth-order valence-electron chi connectivity index (χ4n) is 1.91. The number of thioether (sulfide) groups is 1. The molecule has 0 spiro atoms. The van der Waals surface area contributed by atoms with Crippen LogP contribution >= 0.6 is 11.8 Å². The van der Waals surface area contributed by atoms with Crippen molar-refractivity contribution in [3.05, 3.63) is 23.9 Å². The van der Waals surface area contributed by atoms with Gasteiger partial charge in [-0.1, -0.05) is 6.07 Å². The van der Waals surface area contributed by atoms with Crippen molar-refractivity contribution >= 4 is 17.9 Å². The predicted octanol–water partition coefficient (Wildman–Crippen LogP) is 3.01. The Kier molecular flexibility index (Phi) is 4.34. The molecule has 1 N–H and O–H groups in total. The van der Waals surface area contributed by atoms with Crippen molar-refractivity contribution in [1.82, 2.24) is 10.3 Å². The zero-order chi connectivity index (χ0) is 13.9. The zero-order valence-corrected chi connectivity index (χ0v) is 12.4. The van der Waals surface area contributed by atoms with Crippen molar-refractivity contribution in [2.24, 2.45) is 0 Å². The van der Waals surface area contributed by atoms with Crippen molar-refractivity contribution in [3.63, 3.8) is 0 Å². The highest BCUT2D eigenvalue weighted by molar-refractivity contribution is 8.00. The molecular weight excluding hydrogens is 260 g/mol. The number of fused-ring (bicyclic) bond motifs is 1. The molecule has 1 aliphatic heterocycles. The van der Waals surface area contributed by atoms with Gasteiger partial charge in [0.2, 0.25) is 0 Å². The molecule has 1 aliphatic rings. The SMILES string of the molecule is CC(C)(C)OC(=O)NCC1CCc2cccnc2S1. The second kappa shape index (κ2) is 5.82. The summed E-state index contributed by atoms with van der Waals surface area (Å²) in [4.78, 5) is 16.0. The number of aryl methyl sites for hydroxylation is 1. The van der Waals surface area contributed by atoms with E-state index >= 15 is 0 Å². The van der Waals surface area contributed by atoms with Crippen LogP contribution in [-0.4, -0.2) is 28.5 Å². The lowest BCUT2D eigenvalue weighted by atomic mass is 10.1. The molecule has 1 aromatic rings. The largest absolute Gasteiger partial charge is 0.444 e. The Hall–Kier alpha value is -1.23. The molecule has 4 nitrogen and oxygen atoms in total. The maximum atomic E-state index is 11.6. The van der Waals surface area contributed by atoms with Gasteiger partial charge in [0.15, 0.2) is 0 Å². The summed E-state index contributed by atoms with van der Waals surface area (Å²) in [5.74, 6) is 0. The summed E-state index contributed by atoms with van der Waals surface area (Å²) in [6, 6.07) is 4.09. The summed E-state index contributed by atoms with van der Waals surface area (Å²) in [6.07, 6.45) is 3.55. The lowest BCUT2D eigenvalue weighted by Gasteiger charge is -2.24. The summed E-state index contributed by atoms with van der Waals surface area (Å²) in [6.45, 7) is 6.21. The molecule has 1 aromatic heterocycles. The van der Waals surface area contributed by atoms with Crippen LogP contribution in [0.15, 0.2) is 23.4 Å². The Morgan fingerprint density at radius 1 is 1.58 bits per heavy atom. The summed E-state index contributed by atoms with van der Waals surface area (Å²) in [5.41, 5.74) is 0.860. The first-order valence-corrected chi connectivity index (χ1v) is 7.39. The molecular formula is C14H20N2O2S. The van der Waals surface area contributed by atoms with Crippen LogP contribution in [0, 0.1) is 0 Å². The van der Waals surface area contributed by atoms with Crippen LogP contribution in [0.2, 0.25) is 0 Å². The number of nitrogens with one attached hydrogen (secondary N) is 1. The number of nitrogens with zero attached hydrogens (tertiary/aromatic N) is 1. The lowest BCUT2D eigenvalue weighted by Crippen LogP contribution is -2.36. The van der Waals surface area contributed by atoms with Gasteiger partial charge in [0.25, 0.3) is 0 Å². The van der Waals surface area contributed by atoms with Gasteiger partial charge in [0, 0.05) is 18.0 Å². The first-order chi connectivity index (χ1) is 8.94. The maximum Gasteiger partial charge on any atom is 0.407 e. The van der Waals surface area contributed by atoms with E-state index in [4.69, 9.17) is 4.74 Å². The van der Waals surface area contributed by atoms with Crippen LogP contribution in [0.3, 0.4) is 0 Å². The van der Waals surface area contributed by atoms with E-state index in [0.717, 1.165) is 17.9 Å². The van der Waals surface area contributed by atoms with Gasteiger partial charge in [0.1, 0.15) is 5.60 Å². The van der Waals surface area contributed by atoms with E-state index in [-0.39, 0.29) is 6.09 Å². The van der Waals surface area contributed by atoms with Gasteiger partial charge in [-0.15, -0.1) is 11.8 Å². The quantitative estimate of drug-likeness (QED) is 0.904.